The number of furan rings is 1. The highest BCUT2D eigenvalue weighted by molar-refractivity contribution is 5.91. The van der Waals surface area contributed by atoms with E-state index in [1.807, 2.05) is 0 Å². The molecule has 0 aliphatic rings. The van der Waals surface area contributed by atoms with Crippen LogP contribution in [-0.2, 0) is 11.2 Å². The highest BCUT2D eigenvalue weighted by Crippen LogP contribution is 2.01. The van der Waals surface area contributed by atoms with Crippen molar-refractivity contribution in [3.63, 3.8) is 0 Å². The zero-order valence-electron chi connectivity index (χ0n) is 9.74. The van der Waals surface area contributed by atoms with Crippen LogP contribution in [0.25, 0.3) is 6.08 Å². The van der Waals surface area contributed by atoms with Crippen molar-refractivity contribution in [2.24, 2.45) is 0 Å². The summed E-state index contributed by atoms with van der Waals surface area (Å²) in [6, 6.07) is 3.55. The monoisotopic (exact) mass is 243 g/mol. The highest BCUT2D eigenvalue weighted by Gasteiger charge is 1.97. The number of rotatable bonds is 5. The molecule has 1 N–H and O–H groups in total. The fraction of sp³-hybridized carbons (Fsp3) is 0.154. The quantitative estimate of drug-likeness (QED) is 0.807. The molecule has 0 aliphatic carbocycles. The van der Waals surface area contributed by atoms with Gasteiger partial charge in [0.2, 0.25) is 5.91 Å². The Labute approximate surface area is 105 Å². The maximum atomic E-state index is 11.5. The van der Waals surface area contributed by atoms with Crippen LogP contribution in [0.3, 0.4) is 0 Å². The summed E-state index contributed by atoms with van der Waals surface area (Å²) in [4.78, 5) is 19.3. The van der Waals surface area contributed by atoms with E-state index in [-0.39, 0.29) is 5.91 Å². The van der Waals surface area contributed by atoms with Crippen LogP contribution in [-0.4, -0.2) is 22.4 Å². The fourth-order valence-corrected chi connectivity index (χ4v) is 1.39. The average molecular weight is 243 g/mol. The summed E-state index contributed by atoms with van der Waals surface area (Å²) in [5.41, 5.74) is 0.993. The van der Waals surface area contributed by atoms with Crippen molar-refractivity contribution in [3.8, 4) is 0 Å². The van der Waals surface area contributed by atoms with Gasteiger partial charge in [-0.3, -0.25) is 4.79 Å². The second kappa shape index (κ2) is 6.34. The maximum Gasteiger partial charge on any atom is 0.244 e. The van der Waals surface area contributed by atoms with Crippen LogP contribution >= 0.6 is 0 Å². The van der Waals surface area contributed by atoms with E-state index in [4.69, 9.17) is 4.42 Å². The van der Waals surface area contributed by atoms with Crippen LogP contribution in [0.2, 0.25) is 0 Å². The predicted molar refractivity (Wildman–Crippen MR) is 66.5 cm³/mol. The Morgan fingerprint density at radius 3 is 2.94 bits per heavy atom. The molecular weight excluding hydrogens is 230 g/mol. The molecule has 0 aromatic carbocycles. The Kier molecular flexibility index (Phi) is 4.24. The SMILES string of the molecule is O=C(/C=C/c1ccco1)NCCc1cncnc1. The summed E-state index contributed by atoms with van der Waals surface area (Å²) in [7, 11) is 0. The third kappa shape index (κ3) is 3.86. The minimum atomic E-state index is -0.150. The highest BCUT2D eigenvalue weighted by atomic mass is 16.3. The number of carbonyl (C=O) groups is 1. The lowest BCUT2D eigenvalue weighted by molar-refractivity contribution is -0.116. The van der Waals surface area contributed by atoms with Crippen molar-refractivity contribution in [2.45, 2.75) is 6.42 Å². The molecule has 5 nitrogen and oxygen atoms in total. The summed E-state index contributed by atoms with van der Waals surface area (Å²) >= 11 is 0. The minimum absolute atomic E-state index is 0.150. The molecule has 2 heterocycles. The summed E-state index contributed by atoms with van der Waals surface area (Å²) in [6.45, 7) is 0.550. The number of aromatic nitrogens is 2. The van der Waals surface area contributed by atoms with Crippen LogP contribution in [0.4, 0.5) is 0 Å². The van der Waals surface area contributed by atoms with Gasteiger partial charge in [0.05, 0.1) is 6.26 Å². The number of nitrogens with zero attached hydrogens (tertiary/aromatic N) is 2. The van der Waals surface area contributed by atoms with Gasteiger partial charge in [0, 0.05) is 25.0 Å². The topological polar surface area (TPSA) is 68.0 Å². The minimum Gasteiger partial charge on any atom is -0.465 e. The van der Waals surface area contributed by atoms with Crippen molar-refractivity contribution >= 4 is 12.0 Å². The van der Waals surface area contributed by atoms with Crippen molar-refractivity contribution < 1.29 is 9.21 Å². The molecule has 0 bridgehead atoms. The molecule has 0 unspecified atom stereocenters. The lowest BCUT2D eigenvalue weighted by Gasteiger charge is -2.01. The first kappa shape index (κ1) is 12.0. The van der Waals surface area contributed by atoms with Gasteiger partial charge in [-0.15, -0.1) is 0 Å². The molecule has 0 spiro atoms. The van der Waals surface area contributed by atoms with Crippen LogP contribution < -0.4 is 5.32 Å². The second-order valence-electron chi connectivity index (χ2n) is 3.64. The first-order valence-corrected chi connectivity index (χ1v) is 5.58. The van der Waals surface area contributed by atoms with Crippen LogP contribution in [0, 0.1) is 0 Å². The van der Waals surface area contributed by atoms with Crippen molar-refractivity contribution in [3.05, 3.63) is 54.5 Å². The molecule has 0 radical (unpaired) electrons. The average Bonchev–Trinajstić information content (AvgIpc) is 2.91. The Bertz CT molecular complexity index is 506. The summed E-state index contributed by atoms with van der Waals surface area (Å²) in [5.74, 6) is 0.504. The van der Waals surface area contributed by atoms with E-state index in [1.54, 1.807) is 36.9 Å². The Hall–Kier alpha value is -2.43. The summed E-state index contributed by atoms with van der Waals surface area (Å²) in [6.07, 6.45) is 10.3. The fourth-order valence-electron chi connectivity index (χ4n) is 1.39. The van der Waals surface area contributed by atoms with E-state index >= 15 is 0 Å². The molecule has 0 saturated heterocycles. The molecule has 0 aliphatic heterocycles. The van der Waals surface area contributed by atoms with Crippen molar-refractivity contribution in [2.75, 3.05) is 6.54 Å². The Balaban J connectivity index is 1.72. The van der Waals surface area contributed by atoms with E-state index in [1.165, 1.54) is 12.4 Å². The van der Waals surface area contributed by atoms with Gasteiger partial charge < -0.3 is 9.73 Å². The number of carbonyl (C=O) groups excluding carboxylic acids is 1. The molecule has 2 aromatic rings. The molecule has 0 saturated carbocycles. The first-order chi connectivity index (χ1) is 8.84. The van der Waals surface area contributed by atoms with Gasteiger partial charge in [0.1, 0.15) is 12.1 Å². The van der Waals surface area contributed by atoms with Crippen molar-refractivity contribution in [1.82, 2.24) is 15.3 Å². The van der Waals surface area contributed by atoms with Gasteiger partial charge in [0.15, 0.2) is 0 Å². The zero-order valence-corrected chi connectivity index (χ0v) is 9.74. The van der Waals surface area contributed by atoms with Crippen LogP contribution in [0.1, 0.15) is 11.3 Å². The number of nitrogens with one attached hydrogen (secondary N) is 1. The van der Waals surface area contributed by atoms with Crippen LogP contribution in [0.5, 0.6) is 0 Å². The molecule has 5 heteroatoms. The lowest BCUT2D eigenvalue weighted by atomic mass is 10.2. The third-order valence-corrected chi connectivity index (χ3v) is 2.27. The molecule has 0 fully saturated rings. The van der Waals surface area contributed by atoms with E-state index in [9.17, 15) is 4.79 Å². The van der Waals surface area contributed by atoms with Crippen molar-refractivity contribution in [1.29, 1.82) is 0 Å². The summed E-state index contributed by atoms with van der Waals surface area (Å²) < 4.78 is 5.07. The standard InChI is InChI=1S/C13H13N3O2/c17-13(4-3-12-2-1-7-18-12)16-6-5-11-8-14-10-15-9-11/h1-4,7-10H,5-6H2,(H,16,17)/b4-3+. The Morgan fingerprint density at radius 2 is 2.22 bits per heavy atom. The van der Waals surface area contributed by atoms with Gasteiger partial charge in [-0.05, 0) is 30.2 Å². The van der Waals surface area contributed by atoms with Crippen LogP contribution in [0.15, 0.2) is 47.6 Å². The third-order valence-electron chi connectivity index (χ3n) is 2.27. The first-order valence-electron chi connectivity index (χ1n) is 5.58. The maximum absolute atomic E-state index is 11.5. The number of hydrogen-bond donors (Lipinski definition) is 1. The smallest absolute Gasteiger partial charge is 0.244 e. The second-order valence-corrected chi connectivity index (χ2v) is 3.64. The van der Waals surface area contributed by atoms with Gasteiger partial charge in [0.25, 0.3) is 0 Å². The lowest BCUT2D eigenvalue weighted by Crippen LogP contribution is -2.23. The molecule has 2 rings (SSSR count). The van der Waals surface area contributed by atoms with Gasteiger partial charge in [-0.25, -0.2) is 9.97 Å². The molecular formula is C13H13N3O2. The number of hydrogen-bond acceptors (Lipinski definition) is 4. The molecule has 0 atom stereocenters. The van der Waals surface area contributed by atoms with Gasteiger partial charge in [-0.2, -0.15) is 0 Å². The van der Waals surface area contributed by atoms with E-state index in [2.05, 4.69) is 15.3 Å². The van der Waals surface area contributed by atoms with E-state index < -0.39 is 0 Å². The Morgan fingerprint density at radius 1 is 1.39 bits per heavy atom. The molecule has 18 heavy (non-hydrogen) atoms. The van der Waals surface area contributed by atoms with Gasteiger partial charge in [-0.1, -0.05) is 0 Å². The molecule has 2 aromatic heterocycles. The predicted octanol–water partition coefficient (Wildman–Crippen LogP) is 1.44. The number of amides is 1. The molecule has 92 valence electrons. The van der Waals surface area contributed by atoms with E-state index in [0.29, 0.717) is 18.7 Å². The summed E-state index contributed by atoms with van der Waals surface area (Å²) in [5, 5.41) is 2.77. The molecule has 1 amide bonds. The van der Waals surface area contributed by atoms with Gasteiger partial charge >= 0.3 is 0 Å². The zero-order chi connectivity index (χ0) is 12.6. The largest absolute Gasteiger partial charge is 0.465 e. The normalized spacial score (nSPS) is 10.7. The van der Waals surface area contributed by atoms with E-state index in [0.717, 1.165) is 5.56 Å².